The van der Waals surface area contributed by atoms with Crippen molar-refractivity contribution in [2.45, 2.75) is 43.9 Å². The van der Waals surface area contributed by atoms with Crippen LogP contribution in [0, 0.1) is 0 Å². The molecule has 0 unspecified atom stereocenters. The van der Waals surface area contributed by atoms with E-state index in [2.05, 4.69) is 20.3 Å². The molecule has 176 valence electrons. The molecule has 8 nitrogen and oxygen atoms in total. The van der Waals surface area contributed by atoms with Gasteiger partial charge in [-0.3, -0.25) is 19.3 Å². The molecule has 0 aliphatic carbocycles. The molecule has 33 heavy (non-hydrogen) atoms. The van der Waals surface area contributed by atoms with E-state index in [0.717, 1.165) is 12.8 Å². The lowest BCUT2D eigenvalue weighted by Crippen LogP contribution is -2.25. The van der Waals surface area contributed by atoms with Gasteiger partial charge in [-0.1, -0.05) is 37.1 Å². The molecule has 1 aliphatic heterocycles. The third-order valence-electron chi connectivity index (χ3n) is 5.03. The van der Waals surface area contributed by atoms with E-state index < -0.39 is 10.0 Å². The van der Waals surface area contributed by atoms with E-state index in [0.29, 0.717) is 53.6 Å². The van der Waals surface area contributed by atoms with Gasteiger partial charge in [-0.15, -0.1) is 0 Å². The Morgan fingerprint density at radius 3 is 2.67 bits per heavy atom. The van der Waals surface area contributed by atoms with E-state index in [1.807, 2.05) is 6.92 Å². The second-order valence-electron chi connectivity index (χ2n) is 7.64. The third-order valence-corrected chi connectivity index (χ3v) is 6.66. The van der Waals surface area contributed by atoms with Gasteiger partial charge in [0.15, 0.2) is 0 Å². The Morgan fingerprint density at radius 2 is 1.88 bits per heavy atom. The first kappa shape index (κ1) is 24.7. The van der Waals surface area contributed by atoms with Crippen molar-refractivity contribution in [3.05, 3.63) is 58.6 Å². The Hall–Kier alpha value is -2.91. The lowest BCUT2D eigenvalue weighted by molar-refractivity contribution is -0.116. The molecule has 0 bridgehead atoms. The standard InChI is InChI=1S/C23H27ClN4O4S/c1-2-13-26-23(30)17-12-11-16(24)15-19(17)27-21(29)10-4-3-7-14-25-22-18-8-5-6-9-20(18)33(31,32)28-22/h5-6,8-9,11-12,15H,2-4,7,10,13-14H2,1H3,(H,25,28)(H,26,30)(H,27,29). The van der Waals surface area contributed by atoms with Gasteiger partial charge in [-0.05, 0) is 49.6 Å². The molecule has 0 saturated carbocycles. The highest BCUT2D eigenvalue weighted by atomic mass is 35.5. The molecule has 0 fully saturated rings. The van der Waals surface area contributed by atoms with Crippen molar-refractivity contribution in [3.63, 3.8) is 0 Å². The van der Waals surface area contributed by atoms with Gasteiger partial charge >= 0.3 is 0 Å². The average molecular weight is 491 g/mol. The number of hydrogen-bond acceptors (Lipinski definition) is 5. The fourth-order valence-electron chi connectivity index (χ4n) is 3.38. The van der Waals surface area contributed by atoms with Crippen LogP contribution in [0.5, 0.6) is 0 Å². The van der Waals surface area contributed by atoms with Crippen LogP contribution >= 0.6 is 11.6 Å². The zero-order valence-corrected chi connectivity index (χ0v) is 19.9. The van der Waals surface area contributed by atoms with Crippen LogP contribution in [0.1, 0.15) is 54.9 Å². The second kappa shape index (κ2) is 11.3. The summed E-state index contributed by atoms with van der Waals surface area (Å²) >= 11 is 6.04. The number of aliphatic imine (C=N–C) groups is 1. The molecule has 0 spiro atoms. The number of amides is 2. The largest absolute Gasteiger partial charge is 0.352 e. The number of halogens is 1. The second-order valence-corrected chi connectivity index (χ2v) is 9.72. The molecule has 3 N–H and O–H groups in total. The van der Waals surface area contributed by atoms with E-state index in [1.165, 1.54) is 0 Å². The number of amidine groups is 1. The summed E-state index contributed by atoms with van der Waals surface area (Å²) in [6, 6.07) is 11.5. The summed E-state index contributed by atoms with van der Waals surface area (Å²) in [6.07, 6.45) is 3.19. The zero-order valence-electron chi connectivity index (χ0n) is 18.4. The molecule has 10 heteroatoms. The van der Waals surface area contributed by atoms with E-state index in [1.54, 1.807) is 42.5 Å². The highest BCUT2D eigenvalue weighted by molar-refractivity contribution is 7.90. The molecule has 0 radical (unpaired) electrons. The summed E-state index contributed by atoms with van der Waals surface area (Å²) in [7, 11) is -3.53. The number of hydrogen-bond donors (Lipinski definition) is 3. The number of benzene rings is 2. The number of carbonyl (C=O) groups excluding carboxylic acids is 2. The molecule has 0 saturated heterocycles. The maximum absolute atomic E-state index is 12.4. The number of sulfonamides is 1. The van der Waals surface area contributed by atoms with Crippen LogP contribution in [-0.2, 0) is 14.8 Å². The van der Waals surface area contributed by atoms with Crippen LogP contribution in [-0.4, -0.2) is 39.2 Å². The molecule has 1 heterocycles. The minimum atomic E-state index is -3.53. The minimum Gasteiger partial charge on any atom is -0.352 e. The molecular weight excluding hydrogens is 464 g/mol. The molecule has 0 atom stereocenters. The Kier molecular flexibility index (Phi) is 8.46. The van der Waals surface area contributed by atoms with Gasteiger partial charge in [0.1, 0.15) is 5.84 Å². The molecule has 0 aromatic heterocycles. The first-order chi connectivity index (χ1) is 15.8. The first-order valence-corrected chi connectivity index (χ1v) is 12.7. The van der Waals surface area contributed by atoms with E-state index in [-0.39, 0.29) is 23.1 Å². The topological polar surface area (TPSA) is 117 Å². The van der Waals surface area contributed by atoms with Gasteiger partial charge in [0.05, 0.1) is 16.1 Å². The highest BCUT2D eigenvalue weighted by Crippen LogP contribution is 2.23. The quantitative estimate of drug-likeness (QED) is 0.440. The van der Waals surface area contributed by atoms with Crippen LogP contribution in [0.4, 0.5) is 5.69 Å². The number of carbonyl (C=O) groups is 2. The lowest BCUT2D eigenvalue weighted by Gasteiger charge is -2.12. The highest BCUT2D eigenvalue weighted by Gasteiger charge is 2.29. The summed E-state index contributed by atoms with van der Waals surface area (Å²) in [6.45, 7) is 2.96. The number of nitrogens with one attached hydrogen (secondary N) is 3. The number of nitrogens with zero attached hydrogens (tertiary/aromatic N) is 1. The third kappa shape index (κ3) is 6.55. The van der Waals surface area contributed by atoms with E-state index in [4.69, 9.17) is 11.6 Å². The van der Waals surface area contributed by atoms with E-state index in [9.17, 15) is 18.0 Å². The van der Waals surface area contributed by atoms with Crippen LogP contribution in [0.25, 0.3) is 0 Å². The van der Waals surface area contributed by atoms with Crippen molar-refractivity contribution in [1.29, 1.82) is 0 Å². The average Bonchev–Trinajstić information content (AvgIpc) is 3.05. The predicted octanol–water partition coefficient (Wildman–Crippen LogP) is 3.72. The van der Waals surface area contributed by atoms with Gasteiger partial charge in [0.25, 0.3) is 15.9 Å². The number of fused-ring (bicyclic) bond motifs is 1. The zero-order chi connectivity index (χ0) is 23.8. The summed E-state index contributed by atoms with van der Waals surface area (Å²) in [5.74, 6) is -0.101. The van der Waals surface area contributed by atoms with Crippen molar-refractivity contribution < 1.29 is 18.0 Å². The van der Waals surface area contributed by atoms with Crippen LogP contribution in [0.2, 0.25) is 5.02 Å². The molecule has 3 rings (SSSR count). The van der Waals surface area contributed by atoms with E-state index >= 15 is 0 Å². The summed E-state index contributed by atoms with van der Waals surface area (Å²) < 4.78 is 26.7. The Morgan fingerprint density at radius 1 is 1.09 bits per heavy atom. The number of rotatable bonds is 10. The van der Waals surface area contributed by atoms with Gasteiger partial charge in [-0.25, -0.2) is 8.42 Å². The number of unbranched alkanes of at least 4 members (excludes halogenated alkanes) is 2. The number of anilines is 1. The lowest BCUT2D eigenvalue weighted by atomic mass is 10.1. The Labute approximate surface area is 198 Å². The summed E-state index contributed by atoms with van der Waals surface area (Å²) in [4.78, 5) is 29.3. The van der Waals surface area contributed by atoms with Gasteiger partial charge in [0, 0.05) is 30.1 Å². The SMILES string of the molecule is CCCNC(=O)c1ccc(Cl)cc1NC(=O)CCCCCN=C1NS(=O)(=O)c2ccccc21. The van der Waals surface area contributed by atoms with Crippen LogP contribution in [0.3, 0.4) is 0 Å². The van der Waals surface area contributed by atoms with Gasteiger partial charge in [-0.2, -0.15) is 0 Å². The summed E-state index contributed by atoms with van der Waals surface area (Å²) in [5.41, 5.74) is 1.34. The molecule has 1 aliphatic rings. The fourth-order valence-corrected chi connectivity index (χ4v) is 4.80. The van der Waals surface area contributed by atoms with Crippen LogP contribution < -0.4 is 15.4 Å². The predicted molar refractivity (Wildman–Crippen MR) is 129 cm³/mol. The fraction of sp³-hybridized carbons (Fsp3) is 0.348. The Bertz CT molecular complexity index is 1160. The molecule has 2 amide bonds. The molecule has 2 aromatic rings. The smallest absolute Gasteiger partial charge is 0.263 e. The monoisotopic (exact) mass is 490 g/mol. The molecular formula is C23H27ClN4O4S. The van der Waals surface area contributed by atoms with Crippen LogP contribution in [0.15, 0.2) is 52.4 Å². The normalized spacial score (nSPS) is 15.0. The maximum atomic E-state index is 12.4. The maximum Gasteiger partial charge on any atom is 0.263 e. The van der Waals surface area contributed by atoms with Gasteiger partial charge < -0.3 is 10.6 Å². The minimum absolute atomic E-state index is 0.203. The van der Waals surface area contributed by atoms with Gasteiger partial charge in [0.2, 0.25) is 5.91 Å². The Balaban J connectivity index is 1.46. The summed E-state index contributed by atoms with van der Waals surface area (Å²) in [5, 5.41) is 6.00. The van der Waals surface area contributed by atoms with Crippen molar-refractivity contribution in [2.24, 2.45) is 4.99 Å². The van der Waals surface area contributed by atoms with Crippen molar-refractivity contribution in [3.8, 4) is 0 Å². The van der Waals surface area contributed by atoms with Crippen molar-refractivity contribution in [2.75, 3.05) is 18.4 Å². The molecule has 2 aromatic carbocycles. The van der Waals surface area contributed by atoms with Crippen molar-refractivity contribution >= 4 is 45.0 Å². The first-order valence-electron chi connectivity index (χ1n) is 10.9. The van der Waals surface area contributed by atoms with Crippen molar-refractivity contribution in [1.82, 2.24) is 10.0 Å².